The molecule has 0 bridgehead atoms. The van der Waals surface area contributed by atoms with E-state index in [0.29, 0.717) is 80.0 Å². The fraction of sp³-hybridized carbons (Fsp3) is 0.364. The van der Waals surface area contributed by atoms with Crippen LogP contribution < -0.4 is 37.8 Å². The van der Waals surface area contributed by atoms with Gasteiger partial charge in [0.05, 0.1) is 23.6 Å². The first kappa shape index (κ1) is 55.8. The number of hydrogen-bond acceptors (Lipinski definition) is 13. The van der Waals surface area contributed by atoms with Crippen LogP contribution in [0.15, 0.2) is 101 Å². The number of carbonyl (C=O) groups excluding carboxylic acids is 7. The highest BCUT2D eigenvalue weighted by Crippen LogP contribution is 2.31. The van der Waals surface area contributed by atoms with Crippen LogP contribution in [0.3, 0.4) is 0 Å². The number of ether oxygens (including phenoxy) is 1. The quantitative estimate of drug-likeness (QED) is 0.0244. The van der Waals surface area contributed by atoms with Crippen LogP contribution in [0.5, 0.6) is 0 Å². The van der Waals surface area contributed by atoms with Gasteiger partial charge in [0.25, 0.3) is 11.8 Å². The van der Waals surface area contributed by atoms with E-state index in [1.54, 1.807) is 54.7 Å². The summed E-state index contributed by atoms with van der Waals surface area (Å²) in [7, 11) is 1.69. The number of imidazole rings is 1. The molecule has 0 fully saturated rings. The van der Waals surface area contributed by atoms with E-state index in [1.807, 2.05) is 61.7 Å². The van der Waals surface area contributed by atoms with Gasteiger partial charge in [-0.1, -0.05) is 50.6 Å². The number of aromatic amines is 1. The largest absolute Gasteiger partial charge is 0.445 e. The molecule has 0 saturated carbocycles. The number of urea groups is 1. The molecule has 0 radical (unpaired) electrons. The molecule has 0 spiro atoms. The number of anilines is 2. The highest BCUT2D eigenvalue weighted by atomic mass is 16.6. The molecule has 5 aromatic rings. The average molecular weight is 1050 g/mol. The van der Waals surface area contributed by atoms with Crippen molar-refractivity contribution in [2.24, 2.45) is 21.7 Å². The van der Waals surface area contributed by atoms with Gasteiger partial charge in [0.15, 0.2) is 0 Å². The molecule has 7 rings (SSSR count). The summed E-state index contributed by atoms with van der Waals surface area (Å²) in [6.07, 6.45) is 6.58. The predicted molar refractivity (Wildman–Crippen MR) is 289 cm³/mol. The summed E-state index contributed by atoms with van der Waals surface area (Å²) < 4.78 is 7.35. The van der Waals surface area contributed by atoms with Crippen molar-refractivity contribution in [3.63, 3.8) is 0 Å². The van der Waals surface area contributed by atoms with E-state index in [1.165, 1.54) is 12.2 Å². The van der Waals surface area contributed by atoms with Crippen LogP contribution in [0.4, 0.5) is 21.0 Å². The first-order valence-corrected chi connectivity index (χ1v) is 25.6. The number of amides is 8. The summed E-state index contributed by atoms with van der Waals surface area (Å²) in [5, 5.41) is 18.5. The van der Waals surface area contributed by atoms with E-state index < -0.39 is 36.0 Å². The number of fused-ring (bicyclic) bond motifs is 1. The van der Waals surface area contributed by atoms with Crippen molar-refractivity contribution < 1.29 is 38.3 Å². The molecule has 8 amide bonds. The third-order valence-corrected chi connectivity index (χ3v) is 13.1. The maximum absolute atomic E-state index is 13.7. The van der Waals surface area contributed by atoms with Crippen LogP contribution in [-0.2, 0) is 54.8 Å². The summed E-state index contributed by atoms with van der Waals surface area (Å²) in [6.45, 7) is 10.8. The van der Waals surface area contributed by atoms with Crippen LogP contribution >= 0.6 is 0 Å². The highest BCUT2D eigenvalue weighted by Gasteiger charge is 2.30. The van der Waals surface area contributed by atoms with E-state index in [-0.39, 0.29) is 56.2 Å². The van der Waals surface area contributed by atoms with Gasteiger partial charge in [-0.05, 0) is 104 Å². The summed E-state index contributed by atoms with van der Waals surface area (Å²) in [4.78, 5) is 109. The lowest BCUT2D eigenvalue weighted by Gasteiger charge is -2.29. The second-order valence-electron chi connectivity index (χ2n) is 19.0. The van der Waals surface area contributed by atoms with E-state index in [2.05, 4.69) is 48.4 Å². The molecular formula is C55H66N14O8. The van der Waals surface area contributed by atoms with Crippen molar-refractivity contribution in [2.75, 3.05) is 37.3 Å². The molecule has 2 aliphatic rings. The summed E-state index contributed by atoms with van der Waals surface area (Å²) in [6, 6.07) is 19.7. The number of nitrogens with zero attached hydrogens (tertiary/aromatic N) is 7. The normalized spacial score (nSPS) is 14.0. The zero-order valence-corrected chi connectivity index (χ0v) is 43.8. The number of nitrogens with one attached hydrogen (secondary N) is 6. The van der Waals surface area contributed by atoms with Crippen LogP contribution in [-0.4, -0.2) is 117 Å². The second kappa shape index (κ2) is 26.5. The SMILES string of the molecule is C=Nn1cc(-c2nc(CNc3cccc4c3CCN(C(=O)OCc3ccc(NC(=O)[C@H](CCCNC(N)=O)NC(=O)C(NC(=O)CCCCCN5C(=O)C=CC5=O)C(C)C)cc3)C4)[nH]c2-c2cccc(C)n2)ccc1=NC. The Morgan fingerprint density at radius 3 is 2.38 bits per heavy atom. The molecule has 22 nitrogen and oxygen atoms in total. The summed E-state index contributed by atoms with van der Waals surface area (Å²) in [5.74, 6) is -1.77. The molecule has 8 N–H and O–H groups in total. The third-order valence-electron chi connectivity index (χ3n) is 13.1. The molecule has 404 valence electrons. The Hall–Kier alpha value is -8.95. The van der Waals surface area contributed by atoms with Crippen LogP contribution in [0.25, 0.3) is 22.6 Å². The van der Waals surface area contributed by atoms with Gasteiger partial charge in [0.1, 0.15) is 30.0 Å². The van der Waals surface area contributed by atoms with Crippen molar-refractivity contribution in [2.45, 2.75) is 97.5 Å². The number of imide groups is 1. The molecule has 3 aromatic heterocycles. The summed E-state index contributed by atoms with van der Waals surface area (Å²) >= 11 is 0. The van der Waals surface area contributed by atoms with Crippen LogP contribution in [0, 0.1) is 12.8 Å². The lowest BCUT2D eigenvalue weighted by atomic mass is 9.98. The van der Waals surface area contributed by atoms with Gasteiger partial charge in [0, 0.05) is 87.3 Å². The Morgan fingerprint density at radius 1 is 0.896 bits per heavy atom. The minimum atomic E-state index is -1.04. The molecule has 77 heavy (non-hydrogen) atoms. The molecule has 22 heteroatoms. The number of H-pyrrole nitrogens is 1. The molecule has 2 aliphatic heterocycles. The number of carbonyl (C=O) groups is 7. The van der Waals surface area contributed by atoms with Gasteiger partial charge in [-0.2, -0.15) is 5.10 Å². The van der Waals surface area contributed by atoms with Gasteiger partial charge < -0.3 is 46.9 Å². The second-order valence-corrected chi connectivity index (χ2v) is 19.0. The lowest BCUT2D eigenvalue weighted by Crippen LogP contribution is -2.54. The Balaban J connectivity index is 0.907. The van der Waals surface area contributed by atoms with Gasteiger partial charge >= 0.3 is 12.1 Å². The monoisotopic (exact) mass is 1050 g/mol. The standard InChI is InChI=1S/C55H66N14O8/c1-34(2)49(66-46(70)17-7-6-8-28-68-47(71)24-25-48(68)72)53(74)63-43(16-11-27-59-54(56)75)52(73)62-39-21-18-36(19-22-39)33-77-55(76)67-29-26-40-37(31-67)13-10-14-41(40)60-30-44-64-50(38-20-23-45(57-4)69(32-38)58-5)51(65-44)42-15-9-12-35(3)61-42/h9-10,12-15,18-25,32,34,43,49,60H,5-8,11,16-17,26-31,33H2,1-4H3,(H,62,73)(H,63,74)(H,64,65)(H,66,70)(H3,56,59,75)/t43-,49?/m0/s1. The number of aryl methyl sites for hydroxylation is 1. The third kappa shape index (κ3) is 15.1. The van der Waals surface area contributed by atoms with Gasteiger partial charge in [-0.25, -0.2) is 19.2 Å². The average Bonchev–Trinajstić information content (AvgIpc) is 4.00. The van der Waals surface area contributed by atoms with Crippen LogP contribution in [0.1, 0.15) is 80.6 Å². The number of unbranched alkanes of at least 4 members (excludes halogenated alkanes) is 2. The molecule has 2 aromatic carbocycles. The lowest BCUT2D eigenvalue weighted by molar-refractivity contribution is -0.137. The molecular weight excluding hydrogens is 985 g/mol. The van der Waals surface area contributed by atoms with Crippen molar-refractivity contribution >= 4 is 59.8 Å². The number of pyridine rings is 2. The zero-order valence-electron chi connectivity index (χ0n) is 43.8. The van der Waals surface area contributed by atoms with E-state index in [9.17, 15) is 33.6 Å². The Labute approximate surface area is 446 Å². The number of primary amides is 1. The molecule has 2 atom stereocenters. The fourth-order valence-electron chi connectivity index (χ4n) is 8.97. The molecule has 0 aliphatic carbocycles. The Bertz CT molecular complexity index is 3070. The number of benzene rings is 2. The van der Waals surface area contributed by atoms with Crippen LogP contribution in [0.2, 0.25) is 0 Å². The highest BCUT2D eigenvalue weighted by molar-refractivity contribution is 6.12. The topological polar surface area (TPSA) is 293 Å². The fourth-order valence-corrected chi connectivity index (χ4v) is 8.97. The number of aromatic nitrogens is 4. The van der Waals surface area contributed by atoms with Gasteiger partial charge in [-0.15, -0.1) is 0 Å². The number of nitrogens with two attached hydrogens (primary N) is 1. The zero-order chi connectivity index (χ0) is 55.0. The van der Waals surface area contributed by atoms with Crippen molar-refractivity contribution in [1.82, 2.24) is 45.4 Å². The molecule has 5 heterocycles. The first-order chi connectivity index (χ1) is 37.1. The molecule has 1 unspecified atom stereocenters. The molecule has 0 saturated heterocycles. The van der Waals surface area contributed by atoms with Crippen molar-refractivity contribution in [3.8, 4) is 22.6 Å². The van der Waals surface area contributed by atoms with Crippen molar-refractivity contribution in [1.29, 1.82) is 0 Å². The first-order valence-electron chi connectivity index (χ1n) is 25.6. The van der Waals surface area contributed by atoms with Gasteiger partial charge in [0.2, 0.25) is 17.7 Å². The van der Waals surface area contributed by atoms with E-state index >= 15 is 0 Å². The minimum Gasteiger partial charge on any atom is -0.445 e. The Kier molecular flexibility index (Phi) is 19.2. The number of rotatable bonds is 24. The van der Waals surface area contributed by atoms with E-state index in [0.717, 1.165) is 44.4 Å². The van der Waals surface area contributed by atoms with Crippen molar-refractivity contribution in [3.05, 3.63) is 125 Å². The smallest absolute Gasteiger partial charge is 0.410 e. The minimum absolute atomic E-state index is 0.0163. The van der Waals surface area contributed by atoms with E-state index in [4.69, 9.17) is 20.4 Å². The summed E-state index contributed by atoms with van der Waals surface area (Å²) in [5.41, 5.74) is 13.9. The Morgan fingerprint density at radius 2 is 1.66 bits per heavy atom. The van der Waals surface area contributed by atoms with Gasteiger partial charge in [-0.3, -0.25) is 38.8 Å². The maximum Gasteiger partial charge on any atom is 0.410 e. The predicted octanol–water partition coefficient (Wildman–Crippen LogP) is 5.05. The maximum atomic E-state index is 13.7. The number of hydrogen-bond donors (Lipinski definition) is 7.